The fourth-order valence-electron chi connectivity index (χ4n) is 3.95. The van der Waals surface area contributed by atoms with Crippen LogP contribution in [0, 0.1) is 5.82 Å². The number of morpholine rings is 1. The first-order chi connectivity index (χ1) is 14.7. The van der Waals surface area contributed by atoms with Crippen molar-refractivity contribution in [3.05, 3.63) is 88.0 Å². The van der Waals surface area contributed by atoms with E-state index in [1.54, 1.807) is 29.5 Å². The summed E-state index contributed by atoms with van der Waals surface area (Å²) in [6.07, 6.45) is 0.862. The highest BCUT2D eigenvalue weighted by Gasteiger charge is 2.33. The molecule has 0 saturated carbocycles. The summed E-state index contributed by atoms with van der Waals surface area (Å²) in [6, 6.07) is 18.1. The molecule has 6 heteroatoms. The summed E-state index contributed by atoms with van der Waals surface area (Å²) in [5.74, 6) is -0.364. The zero-order chi connectivity index (χ0) is 20.9. The van der Waals surface area contributed by atoms with E-state index in [0.717, 1.165) is 30.1 Å². The number of aryl methyl sites for hydroxylation is 1. The van der Waals surface area contributed by atoms with Crippen molar-refractivity contribution >= 4 is 22.2 Å². The van der Waals surface area contributed by atoms with Crippen molar-refractivity contribution in [1.29, 1.82) is 0 Å². The Morgan fingerprint density at radius 2 is 1.80 bits per heavy atom. The Balaban J connectivity index is 1.75. The van der Waals surface area contributed by atoms with E-state index in [1.165, 1.54) is 15.8 Å². The molecule has 1 aromatic heterocycles. The highest BCUT2D eigenvalue weighted by atomic mass is 32.1. The highest BCUT2D eigenvalue weighted by molar-refractivity contribution is 7.16. The number of hydrogen-bond donors (Lipinski definition) is 2. The van der Waals surface area contributed by atoms with E-state index in [9.17, 15) is 9.18 Å². The van der Waals surface area contributed by atoms with Gasteiger partial charge in [0.1, 0.15) is 29.9 Å². The lowest BCUT2D eigenvalue weighted by Gasteiger charge is -2.32. The molecule has 30 heavy (non-hydrogen) atoms. The van der Waals surface area contributed by atoms with Crippen molar-refractivity contribution in [3.63, 3.8) is 0 Å². The first kappa shape index (κ1) is 20.7. The van der Waals surface area contributed by atoms with Crippen LogP contribution in [0.2, 0.25) is 0 Å². The summed E-state index contributed by atoms with van der Waals surface area (Å²) in [6.45, 7) is 4.98. The molecule has 4 rings (SSSR count). The van der Waals surface area contributed by atoms with Crippen LogP contribution in [-0.4, -0.2) is 32.2 Å². The number of carbonyl (C=O) groups is 1. The minimum atomic E-state index is -0.217. The van der Waals surface area contributed by atoms with Gasteiger partial charge in [0, 0.05) is 21.6 Å². The van der Waals surface area contributed by atoms with Crippen molar-refractivity contribution in [1.82, 2.24) is 0 Å². The van der Waals surface area contributed by atoms with E-state index >= 15 is 0 Å². The van der Waals surface area contributed by atoms with E-state index in [4.69, 9.17) is 4.74 Å². The third-order valence-corrected chi connectivity index (χ3v) is 6.70. The number of ether oxygens (including phenoxy) is 1. The number of carbonyl (C=O) groups excluding carboxylic acids is 1. The third kappa shape index (κ3) is 4.46. The molecule has 2 N–H and O–H groups in total. The Labute approximate surface area is 180 Å². The molecule has 1 fully saturated rings. The molecule has 156 valence electrons. The highest BCUT2D eigenvalue weighted by Crippen LogP contribution is 2.36. The van der Waals surface area contributed by atoms with E-state index < -0.39 is 0 Å². The SMILES string of the molecule is CCc1cc([C@H](c2ccccc2F)[NH+]2CCOCC2)c(NC(=O)c2ccccc2)s1. The van der Waals surface area contributed by atoms with Crippen molar-refractivity contribution < 1.29 is 18.8 Å². The normalized spacial score (nSPS) is 15.7. The molecule has 0 radical (unpaired) electrons. The minimum Gasteiger partial charge on any atom is -0.370 e. The Hall–Kier alpha value is -2.54. The molecule has 1 amide bonds. The summed E-state index contributed by atoms with van der Waals surface area (Å²) in [5.41, 5.74) is 2.24. The predicted molar refractivity (Wildman–Crippen MR) is 118 cm³/mol. The van der Waals surface area contributed by atoms with Crippen LogP contribution < -0.4 is 10.2 Å². The van der Waals surface area contributed by atoms with Crippen LogP contribution >= 0.6 is 11.3 Å². The van der Waals surface area contributed by atoms with E-state index in [0.29, 0.717) is 24.3 Å². The summed E-state index contributed by atoms with van der Waals surface area (Å²) in [5, 5.41) is 3.90. The Morgan fingerprint density at radius 1 is 1.10 bits per heavy atom. The molecule has 1 saturated heterocycles. The molecular weight excluding hydrogens is 399 g/mol. The van der Waals surface area contributed by atoms with Gasteiger partial charge in [-0.25, -0.2) is 4.39 Å². The number of rotatable bonds is 6. The largest absolute Gasteiger partial charge is 0.370 e. The number of anilines is 1. The average Bonchev–Trinajstić information content (AvgIpc) is 3.19. The van der Waals surface area contributed by atoms with Gasteiger partial charge in [-0.05, 0) is 36.8 Å². The zero-order valence-electron chi connectivity index (χ0n) is 17.0. The van der Waals surface area contributed by atoms with Gasteiger partial charge in [0.15, 0.2) is 0 Å². The number of benzene rings is 2. The molecule has 0 spiro atoms. The Bertz CT molecular complexity index is 999. The van der Waals surface area contributed by atoms with Crippen molar-refractivity contribution in [3.8, 4) is 0 Å². The number of halogens is 1. The molecule has 3 aromatic rings. The van der Waals surface area contributed by atoms with Gasteiger partial charge in [0.2, 0.25) is 0 Å². The molecular formula is C24H26FN2O2S+. The Kier molecular flexibility index (Phi) is 6.57. The molecule has 1 aliphatic rings. The van der Waals surface area contributed by atoms with Crippen molar-refractivity contribution in [2.45, 2.75) is 19.4 Å². The maximum atomic E-state index is 14.9. The summed E-state index contributed by atoms with van der Waals surface area (Å²) >= 11 is 1.58. The molecule has 2 heterocycles. The van der Waals surface area contributed by atoms with Crippen molar-refractivity contribution in [2.75, 3.05) is 31.6 Å². The fourth-order valence-corrected chi connectivity index (χ4v) is 4.98. The molecule has 4 nitrogen and oxygen atoms in total. The van der Waals surface area contributed by atoms with Crippen LogP contribution in [0.3, 0.4) is 0 Å². The molecule has 0 aliphatic carbocycles. The Morgan fingerprint density at radius 3 is 2.50 bits per heavy atom. The second kappa shape index (κ2) is 9.51. The molecule has 1 aliphatic heterocycles. The molecule has 0 unspecified atom stereocenters. The topological polar surface area (TPSA) is 42.8 Å². The first-order valence-corrected chi connectivity index (χ1v) is 11.1. The van der Waals surface area contributed by atoms with E-state index in [2.05, 4.69) is 18.3 Å². The second-order valence-corrected chi connectivity index (χ2v) is 8.53. The van der Waals surface area contributed by atoms with Crippen LogP contribution in [0.1, 0.15) is 39.3 Å². The van der Waals surface area contributed by atoms with Crippen LogP contribution in [-0.2, 0) is 11.2 Å². The van der Waals surface area contributed by atoms with Gasteiger partial charge in [-0.15, -0.1) is 11.3 Å². The summed E-state index contributed by atoms with van der Waals surface area (Å²) < 4.78 is 20.4. The lowest BCUT2D eigenvalue weighted by atomic mass is 9.97. The van der Waals surface area contributed by atoms with Gasteiger partial charge in [-0.2, -0.15) is 0 Å². The zero-order valence-corrected chi connectivity index (χ0v) is 17.8. The molecule has 1 atom stereocenters. The van der Waals surface area contributed by atoms with Gasteiger partial charge in [0.25, 0.3) is 5.91 Å². The van der Waals surface area contributed by atoms with Crippen LogP contribution in [0.15, 0.2) is 60.7 Å². The first-order valence-electron chi connectivity index (χ1n) is 10.3. The quantitative estimate of drug-likeness (QED) is 0.632. The maximum absolute atomic E-state index is 14.9. The summed E-state index contributed by atoms with van der Waals surface area (Å²) in [7, 11) is 0. The number of thiophene rings is 1. The number of quaternary nitrogens is 1. The van der Waals surface area contributed by atoms with Crippen LogP contribution in [0.5, 0.6) is 0 Å². The van der Waals surface area contributed by atoms with Gasteiger partial charge < -0.3 is 15.0 Å². The number of nitrogens with one attached hydrogen (secondary N) is 2. The fraction of sp³-hybridized carbons (Fsp3) is 0.292. The van der Waals surface area contributed by atoms with Gasteiger partial charge in [0.05, 0.1) is 13.2 Å². The van der Waals surface area contributed by atoms with Gasteiger partial charge in [-0.1, -0.05) is 37.3 Å². The smallest absolute Gasteiger partial charge is 0.256 e. The monoisotopic (exact) mass is 425 g/mol. The van der Waals surface area contributed by atoms with E-state index in [1.807, 2.05) is 30.3 Å². The third-order valence-electron chi connectivity index (χ3n) is 5.49. The standard InChI is InChI=1S/C24H25FN2O2S/c1-2-18-16-20(24(30-18)26-23(28)17-8-4-3-5-9-17)22(27-12-14-29-15-13-27)19-10-6-7-11-21(19)25/h3-11,16,22H,2,12-15H2,1H3,(H,26,28)/p+1/t22-/m0/s1. The number of amides is 1. The van der Waals surface area contributed by atoms with Gasteiger partial charge >= 0.3 is 0 Å². The molecule has 2 aromatic carbocycles. The average molecular weight is 426 g/mol. The van der Waals surface area contributed by atoms with Crippen LogP contribution in [0.25, 0.3) is 0 Å². The summed E-state index contributed by atoms with van der Waals surface area (Å²) in [4.78, 5) is 15.3. The second-order valence-electron chi connectivity index (χ2n) is 7.40. The lowest BCUT2D eigenvalue weighted by molar-refractivity contribution is -0.933. The number of hydrogen-bond acceptors (Lipinski definition) is 3. The maximum Gasteiger partial charge on any atom is 0.256 e. The minimum absolute atomic E-state index is 0.148. The lowest BCUT2D eigenvalue weighted by Crippen LogP contribution is -3.14. The van der Waals surface area contributed by atoms with Crippen LogP contribution in [0.4, 0.5) is 9.39 Å². The predicted octanol–water partition coefficient (Wildman–Crippen LogP) is 3.71. The van der Waals surface area contributed by atoms with E-state index in [-0.39, 0.29) is 17.8 Å². The van der Waals surface area contributed by atoms with Gasteiger partial charge in [-0.3, -0.25) is 4.79 Å². The van der Waals surface area contributed by atoms with Crippen molar-refractivity contribution in [2.24, 2.45) is 0 Å². The molecule has 0 bridgehead atoms.